The van der Waals surface area contributed by atoms with Crippen molar-refractivity contribution in [1.82, 2.24) is 10.6 Å². The summed E-state index contributed by atoms with van der Waals surface area (Å²) in [7, 11) is -3.17. The summed E-state index contributed by atoms with van der Waals surface area (Å²) in [5, 5.41) is 4.55. The summed E-state index contributed by atoms with van der Waals surface area (Å²) < 4.78 is 25.4. The highest BCUT2D eigenvalue weighted by Crippen LogP contribution is 2.52. The fourth-order valence-corrected chi connectivity index (χ4v) is 4.52. The van der Waals surface area contributed by atoms with Gasteiger partial charge in [-0.3, -0.25) is 33.0 Å². The van der Waals surface area contributed by atoms with Crippen LogP contribution < -0.4 is 10.6 Å². The fourth-order valence-electron chi connectivity index (χ4n) is 2.63. The molecule has 1 aliphatic heterocycles. The van der Waals surface area contributed by atoms with Gasteiger partial charge in [0, 0.05) is 36.8 Å². The van der Waals surface area contributed by atoms with Crippen molar-refractivity contribution < 1.29 is 52.0 Å². The standard InChI is InChI=1S/C20H29N2O11PS/c1-20(2)12-32-34(29,30)33-18(20)19(28)22-7-6-15(25)21-8-9-35-17(27)11-14(24)10-13(23)4-5-16(26)31-3/h4-5,18H,6-12H2,1-3H3,(H,21,25)(H,22,28)(H,29,30)/b5-4+/t18-/m0/s1. The Hall–Kier alpha value is -2.38. The van der Waals surface area contributed by atoms with Gasteiger partial charge in [-0.25, -0.2) is 9.36 Å². The number of esters is 1. The lowest BCUT2D eigenvalue weighted by molar-refractivity contribution is -0.141. The molecule has 2 amide bonds. The first-order chi connectivity index (χ1) is 16.3. The number of ketones is 2. The molecule has 0 aromatic rings. The van der Waals surface area contributed by atoms with Crippen molar-refractivity contribution >= 4 is 54.1 Å². The average molecular weight is 536 g/mol. The van der Waals surface area contributed by atoms with Crippen molar-refractivity contribution in [2.75, 3.05) is 32.6 Å². The summed E-state index contributed by atoms with van der Waals surface area (Å²) in [5.41, 5.74) is -0.846. The lowest BCUT2D eigenvalue weighted by Gasteiger charge is -2.38. The summed E-state index contributed by atoms with van der Waals surface area (Å²) in [6, 6.07) is 0. The van der Waals surface area contributed by atoms with Crippen molar-refractivity contribution in [3.8, 4) is 0 Å². The highest BCUT2D eigenvalue weighted by atomic mass is 32.2. The Balaban J connectivity index is 2.23. The van der Waals surface area contributed by atoms with Gasteiger partial charge in [0.2, 0.25) is 11.8 Å². The number of thioether (sulfide) groups is 1. The van der Waals surface area contributed by atoms with Gasteiger partial charge >= 0.3 is 13.8 Å². The molecule has 0 aromatic carbocycles. The smallest absolute Gasteiger partial charge is 0.466 e. The first-order valence-corrected chi connectivity index (χ1v) is 12.9. The minimum atomic E-state index is -4.31. The van der Waals surface area contributed by atoms with E-state index in [1.165, 1.54) is 0 Å². The predicted molar refractivity (Wildman–Crippen MR) is 123 cm³/mol. The molecule has 1 aliphatic rings. The number of hydrogen-bond donors (Lipinski definition) is 3. The van der Waals surface area contributed by atoms with Gasteiger partial charge in [0.05, 0.1) is 26.6 Å². The van der Waals surface area contributed by atoms with Crippen LogP contribution in [-0.4, -0.2) is 78.0 Å². The molecule has 15 heteroatoms. The Bertz CT molecular complexity index is 919. The van der Waals surface area contributed by atoms with Crippen LogP contribution in [0.4, 0.5) is 0 Å². The number of rotatable bonds is 13. The Morgan fingerprint density at radius 3 is 2.46 bits per heavy atom. The van der Waals surface area contributed by atoms with E-state index < -0.39 is 66.6 Å². The maximum Gasteiger partial charge on any atom is 0.472 e. The van der Waals surface area contributed by atoms with Crippen molar-refractivity contribution in [2.45, 2.75) is 39.2 Å². The van der Waals surface area contributed by atoms with Gasteiger partial charge in [0.25, 0.3) is 0 Å². The molecule has 1 rings (SSSR count). The minimum Gasteiger partial charge on any atom is -0.466 e. The van der Waals surface area contributed by atoms with Crippen LogP contribution in [0.2, 0.25) is 0 Å². The predicted octanol–water partition coefficient (Wildman–Crippen LogP) is 0.0583. The molecule has 0 bridgehead atoms. The van der Waals surface area contributed by atoms with Crippen molar-refractivity contribution in [2.24, 2.45) is 5.41 Å². The van der Waals surface area contributed by atoms with Gasteiger partial charge in [-0.05, 0) is 6.08 Å². The average Bonchev–Trinajstić information content (AvgIpc) is 2.76. The lowest BCUT2D eigenvalue weighted by atomic mass is 9.87. The van der Waals surface area contributed by atoms with Crippen LogP contribution in [0.15, 0.2) is 12.2 Å². The van der Waals surface area contributed by atoms with Gasteiger partial charge < -0.3 is 20.3 Å². The van der Waals surface area contributed by atoms with E-state index in [4.69, 9.17) is 9.05 Å². The number of methoxy groups -OCH3 is 1. The van der Waals surface area contributed by atoms with E-state index in [0.717, 1.165) is 31.0 Å². The zero-order valence-corrected chi connectivity index (χ0v) is 21.3. The van der Waals surface area contributed by atoms with Crippen LogP contribution in [0.25, 0.3) is 0 Å². The Morgan fingerprint density at radius 2 is 1.80 bits per heavy atom. The number of ether oxygens (including phenoxy) is 1. The van der Waals surface area contributed by atoms with E-state index in [1.54, 1.807) is 13.8 Å². The Kier molecular flexibility index (Phi) is 12.5. The second-order valence-electron chi connectivity index (χ2n) is 8.04. The van der Waals surface area contributed by atoms with E-state index in [9.17, 15) is 38.2 Å². The van der Waals surface area contributed by atoms with Crippen LogP contribution in [0.3, 0.4) is 0 Å². The number of amides is 2. The molecule has 196 valence electrons. The quantitative estimate of drug-likeness (QED) is 0.0944. The van der Waals surface area contributed by atoms with Crippen molar-refractivity contribution in [1.29, 1.82) is 0 Å². The highest BCUT2D eigenvalue weighted by Gasteiger charge is 2.47. The van der Waals surface area contributed by atoms with E-state index in [2.05, 4.69) is 15.4 Å². The van der Waals surface area contributed by atoms with Gasteiger partial charge in [0.1, 0.15) is 5.78 Å². The number of hydrogen-bond acceptors (Lipinski definition) is 11. The number of carbonyl (C=O) groups excluding carboxylic acids is 6. The molecule has 0 saturated carbocycles. The molecule has 1 fully saturated rings. The Morgan fingerprint density at radius 1 is 1.11 bits per heavy atom. The number of nitrogens with one attached hydrogen (secondary N) is 2. The molecule has 13 nitrogen and oxygen atoms in total. The molecule has 0 aliphatic carbocycles. The molecule has 3 N–H and O–H groups in total. The summed E-state index contributed by atoms with van der Waals surface area (Å²) in [6.45, 7) is 3.20. The van der Waals surface area contributed by atoms with Crippen molar-refractivity contribution in [3.05, 3.63) is 12.2 Å². The minimum absolute atomic E-state index is 0.0454. The molecule has 0 aromatic heterocycles. The molecule has 1 saturated heterocycles. The topological polar surface area (TPSA) is 191 Å². The third kappa shape index (κ3) is 12.2. The third-order valence-electron chi connectivity index (χ3n) is 4.44. The van der Waals surface area contributed by atoms with Gasteiger partial charge in [-0.2, -0.15) is 0 Å². The Labute approximate surface area is 206 Å². The van der Waals surface area contributed by atoms with Crippen LogP contribution in [0.5, 0.6) is 0 Å². The summed E-state index contributed by atoms with van der Waals surface area (Å²) in [5.74, 6) is -2.83. The maximum atomic E-state index is 12.3. The molecule has 2 atom stereocenters. The third-order valence-corrected chi connectivity index (χ3v) is 6.25. The summed E-state index contributed by atoms with van der Waals surface area (Å²) >= 11 is 0.817. The molecular weight excluding hydrogens is 507 g/mol. The molecular formula is C20H29N2O11PS. The molecule has 0 spiro atoms. The zero-order chi connectivity index (χ0) is 26.6. The second-order valence-corrected chi connectivity index (χ2v) is 10.6. The van der Waals surface area contributed by atoms with Crippen LogP contribution in [0, 0.1) is 5.41 Å². The largest absolute Gasteiger partial charge is 0.472 e. The first-order valence-electron chi connectivity index (χ1n) is 10.4. The second kappa shape index (κ2) is 14.2. The number of phosphoric acid groups is 1. The SMILES string of the molecule is COC(=O)/C=C/C(=O)CC(=O)CC(=O)SCCNC(=O)CCNC(=O)[C@@H]1OP(=O)(O)OCC1(C)C. The van der Waals surface area contributed by atoms with E-state index >= 15 is 0 Å². The van der Waals surface area contributed by atoms with Gasteiger partial charge in [-0.1, -0.05) is 25.6 Å². The number of phosphoric ester groups is 1. The fraction of sp³-hybridized carbons (Fsp3) is 0.600. The summed E-state index contributed by atoms with van der Waals surface area (Å²) in [6.07, 6.45) is -0.499. The molecule has 0 radical (unpaired) electrons. The van der Waals surface area contributed by atoms with Crippen molar-refractivity contribution in [3.63, 3.8) is 0 Å². The van der Waals surface area contributed by atoms with Crippen LogP contribution in [0.1, 0.15) is 33.1 Å². The van der Waals surface area contributed by atoms with Crippen LogP contribution >= 0.6 is 19.6 Å². The highest BCUT2D eigenvalue weighted by molar-refractivity contribution is 8.13. The molecule has 1 heterocycles. The molecule has 35 heavy (non-hydrogen) atoms. The van der Waals surface area contributed by atoms with Crippen LogP contribution in [-0.2, 0) is 47.1 Å². The zero-order valence-electron chi connectivity index (χ0n) is 19.6. The van der Waals surface area contributed by atoms with Gasteiger partial charge in [-0.15, -0.1) is 0 Å². The monoisotopic (exact) mass is 536 g/mol. The van der Waals surface area contributed by atoms with E-state index in [-0.39, 0.29) is 31.9 Å². The normalized spacial score (nSPS) is 21.2. The number of carbonyl (C=O) groups is 6. The summed E-state index contributed by atoms with van der Waals surface area (Å²) in [4.78, 5) is 79.5. The lowest BCUT2D eigenvalue weighted by Crippen LogP contribution is -2.49. The maximum absolute atomic E-state index is 12.3. The van der Waals surface area contributed by atoms with E-state index in [1.807, 2.05) is 0 Å². The first kappa shape index (κ1) is 30.7. The number of allylic oxidation sites excluding steroid dienone is 1. The molecule has 1 unspecified atom stereocenters. The van der Waals surface area contributed by atoms with Gasteiger partial charge in [0.15, 0.2) is 17.0 Å². The number of Topliss-reactive ketones (excluding diaryl/α,β-unsaturated/α-hetero) is 1. The van der Waals surface area contributed by atoms with E-state index in [0.29, 0.717) is 0 Å².